The van der Waals surface area contributed by atoms with Crippen LogP contribution in [0.1, 0.15) is 18.1 Å². The highest BCUT2D eigenvalue weighted by Gasteiger charge is 2.59. The zero-order valence-electron chi connectivity index (χ0n) is 13.6. The number of anilines is 2. The highest BCUT2D eigenvalue weighted by molar-refractivity contribution is 6.08. The molecule has 1 fully saturated rings. The Morgan fingerprint density at radius 2 is 1.83 bits per heavy atom. The Balaban J connectivity index is 1.91. The van der Waals surface area contributed by atoms with Gasteiger partial charge in [-0.3, -0.25) is 4.79 Å². The molecule has 2 aromatic carbocycles. The number of nitrogens with zero attached hydrogens (tertiary/aromatic N) is 2. The average Bonchev–Trinajstić information content (AvgIpc) is 3.01. The first-order chi connectivity index (χ1) is 11.0. The molecule has 118 valence electrons. The molecular weight excluding hydrogens is 288 g/mol. The third kappa shape index (κ3) is 1.85. The lowest BCUT2D eigenvalue weighted by molar-refractivity contribution is -0.140. The Morgan fingerprint density at radius 1 is 1.13 bits per heavy atom. The van der Waals surface area contributed by atoms with Gasteiger partial charge in [-0.1, -0.05) is 35.9 Å². The van der Waals surface area contributed by atoms with Crippen LogP contribution in [0.4, 0.5) is 11.4 Å². The monoisotopic (exact) mass is 308 g/mol. The Kier molecular flexibility index (Phi) is 3.00. The van der Waals surface area contributed by atoms with Gasteiger partial charge < -0.3 is 14.5 Å². The molecule has 1 amide bonds. The summed E-state index contributed by atoms with van der Waals surface area (Å²) in [6.45, 7) is 4.77. The highest BCUT2D eigenvalue weighted by atomic mass is 16.5. The fourth-order valence-corrected chi connectivity index (χ4v) is 3.67. The molecule has 0 aromatic heterocycles. The van der Waals surface area contributed by atoms with E-state index in [0.717, 1.165) is 16.9 Å². The predicted octanol–water partition coefficient (Wildman–Crippen LogP) is 3.05. The number of carbonyl (C=O) groups is 1. The molecule has 2 aliphatic heterocycles. The Hall–Kier alpha value is -2.33. The number of hydrogen-bond donors (Lipinski definition) is 0. The summed E-state index contributed by atoms with van der Waals surface area (Å²) in [4.78, 5) is 16.9. The molecule has 4 nitrogen and oxygen atoms in total. The largest absolute Gasteiger partial charge is 0.338 e. The first-order valence-electron chi connectivity index (χ1n) is 7.94. The van der Waals surface area contributed by atoms with Gasteiger partial charge in [-0.05, 0) is 32.0 Å². The zero-order valence-corrected chi connectivity index (χ0v) is 13.6. The van der Waals surface area contributed by atoms with E-state index in [2.05, 4.69) is 36.1 Å². The second-order valence-corrected chi connectivity index (χ2v) is 6.40. The Labute approximate surface area is 136 Å². The van der Waals surface area contributed by atoms with Gasteiger partial charge in [0, 0.05) is 24.8 Å². The maximum Gasteiger partial charge on any atom is 0.285 e. The minimum atomic E-state index is -1.04. The van der Waals surface area contributed by atoms with E-state index >= 15 is 0 Å². The third-order valence-corrected chi connectivity index (χ3v) is 4.76. The molecule has 0 radical (unpaired) electrons. The molecule has 2 atom stereocenters. The van der Waals surface area contributed by atoms with Gasteiger partial charge >= 0.3 is 0 Å². The molecule has 4 rings (SSSR count). The summed E-state index contributed by atoms with van der Waals surface area (Å²) in [6, 6.07) is 16.2. The van der Waals surface area contributed by atoms with Gasteiger partial charge in [0.25, 0.3) is 11.6 Å². The van der Waals surface area contributed by atoms with Crippen LogP contribution in [0.15, 0.2) is 48.5 Å². The summed E-state index contributed by atoms with van der Waals surface area (Å²) in [7, 11) is 1.82. The fraction of sp³-hybridized carbons (Fsp3) is 0.316. The van der Waals surface area contributed by atoms with E-state index in [0.29, 0.717) is 6.54 Å². The van der Waals surface area contributed by atoms with Crippen molar-refractivity contribution >= 4 is 17.3 Å². The van der Waals surface area contributed by atoms with Crippen LogP contribution in [-0.2, 0) is 15.3 Å². The molecule has 0 bridgehead atoms. The van der Waals surface area contributed by atoms with Crippen molar-refractivity contribution in [3.8, 4) is 0 Å². The van der Waals surface area contributed by atoms with Gasteiger partial charge in [-0.15, -0.1) is 0 Å². The number of fused-ring (bicyclic) bond motifs is 2. The average molecular weight is 308 g/mol. The first kappa shape index (κ1) is 14.3. The second-order valence-electron chi connectivity index (χ2n) is 6.40. The summed E-state index contributed by atoms with van der Waals surface area (Å²) in [5, 5.41) is 0. The van der Waals surface area contributed by atoms with Gasteiger partial charge in [0.2, 0.25) is 0 Å². The first-order valence-corrected chi connectivity index (χ1v) is 7.94. The van der Waals surface area contributed by atoms with Crippen molar-refractivity contribution in [1.29, 1.82) is 0 Å². The van der Waals surface area contributed by atoms with Crippen molar-refractivity contribution in [3.63, 3.8) is 0 Å². The molecule has 2 heterocycles. The van der Waals surface area contributed by atoms with Crippen LogP contribution in [-0.4, -0.2) is 25.6 Å². The number of amides is 1. The number of likely N-dealkylation sites (N-methyl/N-ethyl adjacent to an activating group) is 1. The van der Waals surface area contributed by atoms with Crippen molar-refractivity contribution in [1.82, 2.24) is 0 Å². The Morgan fingerprint density at radius 3 is 2.57 bits per heavy atom. The standard InChI is InChI=1S/C19H20N2O2/c1-13-8-10-15(11-9-13)21-12-14(2)23-19(21)16-6-4-5-7-17(16)20(3)18(19)22/h4-11,14H,12H2,1-3H3/t14-,19+/m0/s1. The second kappa shape index (κ2) is 4.83. The van der Waals surface area contributed by atoms with Crippen LogP contribution < -0.4 is 9.80 Å². The zero-order chi connectivity index (χ0) is 16.2. The van der Waals surface area contributed by atoms with Crippen molar-refractivity contribution in [2.45, 2.75) is 25.7 Å². The molecule has 2 aromatic rings. The summed E-state index contributed by atoms with van der Waals surface area (Å²) < 4.78 is 6.25. The SMILES string of the molecule is Cc1ccc(N2C[C@H](C)O[C@]23C(=O)N(C)c2ccccc23)cc1. The summed E-state index contributed by atoms with van der Waals surface area (Å²) in [5.41, 5.74) is 3.02. The maximum absolute atomic E-state index is 13.1. The van der Waals surface area contributed by atoms with Crippen LogP contribution in [0, 0.1) is 6.92 Å². The minimum Gasteiger partial charge on any atom is -0.338 e. The lowest BCUT2D eigenvalue weighted by atomic mass is 10.0. The van der Waals surface area contributed by atoms with Gasteiger partial charge in [-0.25, -0.2) is 0 Å². The molecule has 0 saturated carbocycles. The number of carbonyl (C=O) groups excluding carboxylic acids is 1. The summed E-state index contributed by atoms with van der Waals surface area (Å²) >= 11 is 0. The number of aryl methyl sites for hydroxylation is 1. The molecule has 0 aliphatic carbocycles. The van der Waals surface area contributed by atoms with Gasteiger partial charge in [-0.2, -0.15) is 0 Å². The van der Waals surface area contributed by atoms with Crippen LogP contribution >= 0.6 is 0 Å². The molecule has 1 saturated heterocycles. The molecule has 0 N–H and O–H groups in total. The maximum atomic E-state index is 13.1. The van der Waals surface area contributed by atoms with E-state index in [4.69, 9.17) is 4.74 Å². The predicted molar refractivity (Wildman–Crippen MR) is 90.6 cm³/mol. The number of hydrogen-bond acceptors (Lipinski definition) is 3. The molecular formula is C19H20N2O2. The number of para-hydroxylation sites is 1. The van der Waals surface area contributed by atoms with E-state index < -0.39 is 5.72 Å². The van der Waals surface area contributed by atoms with E-state index in [-0.39, 0.29) is 12.0 Å². The number of rotatable bonds is 1. The number of ether oxygens (including phenoxy) is 1. The van der Waals surface area contributed by atoms with E-state index in [1.165, 1.54) is 5.56 Å². The van der Waals surface area contributed by atoms with Crippen LogP contribution in [0.3, 0.4) is 0 Å². The molecule has 1 spiro atoms. The molecule has 2 aliphatic rings. The highest BCUT2D eigenvalue weighted by Crippen LogP contribution is 2.49. The third-order valence-electron chi connectivity index (χ3n) is 4.76. The summed E-state index contributed by atoms with van der Waals surface area (Å²) in [6.07, 6.45) is -0.0141. The van der Waals surface area contributed by atoms with E-state index in [9.17, 15) is 4.79 Å². The van der Waals surface area contributed by atoms with Gasteiger partial charge in [0.15, 0.2) is 0 Å². The quantitative estimate of drug-likeness (QED) is 0.812. The smallest absolute Gasteiger partial charge is 0.285 e. The van der Waals surface area contributed by atoms with Crippen molar-refractivity contribution in [2.75, 3.05) is 23.4 Å². The van der Waals surface area contributed by atoms with Gasteiger partial charge in [0.1, 0.15) is 0 Å². The lowest BCUT2D eigenvalue weighted by Gasteiger charge is -2.33. The van der Waals surface area contributed by atoms with Crippen molar-refractivity contribution < 1.29 is 9.53 Å². The molecule has 4 heteroatoms. The molecule has 23 heavy (non-hydrogen) atoms. The van der Waals surface area contributed by atoms with E-state index in [1.807, 2.05) is 38.2 Å². The minimum absolute atomic E-state index is 0.0141. The Bertz CT molecular complexity index is 771. The van der Waals surface area contributed by atoms with Crippen LogP contribution in [0.5, 0.6) is 0 Å². The van der Waals surface area contributed by atoms with Gasteiger partial charge in [0.05, 0.1) is 11.8 Å². The number of benzene rings is 2. The lowest BCUT2D eigenvalue weighted by Crippen LogP contribution is -2.50. The normalized spacial score (nSPS) is 26.2. The van der Waals surface area contributed by atoms with Crippen LogP contribution in [0.25, 0.3) is 0 Å². The topological polar surface area (TPSA) is 32.8 Å². The van der Waals surface area contributed by atoms with Crippen molar-refractivity contribution in [3.05, 3.63) is 59.7 Å². The van der Waals surface area contributed by atoms with Crippen molar-refractivity contribution in [2.24, 2.45) is 0 Å². The fourth-order valence-electron chi connectivity index (χ4n) is 3.67. The summed E-state index contributed by atoms with van der Waals surface area (Å²) in [5.74, 6) is -0.0244. The van der Waals surface area contributed by atoms with E-state index in [1.54, 1.807) is 4.90 Å². The molecule has 0 unspecified atom stereocenters. The van der Waals surface area contributed by atoms with Crippen LogP contribution in [0.2, 0.25) is 0 Å².